The Labute approximate surface area is 162 Å². The molecule has 0 bridgehead atoms. The zero-order chi connectivity index (χ0) is 19.8. The van der Waals surface area contributed by atoms with Crippen molar-refractivity contribution >= 4 is 11.8 Å². The molecule has 2 amide bonds. The number of fused-ring (bicyclic) bond motifs is 1. The first-order valence-corrected chi connectivity index (χ1v) is 9.55. The molecule has 0 radical (unpaired) electrons. The fraction of sp³-hybridized carbons (Fsp3) is 0.364. The molecule has 0 aromatic heterocycles. The standard InChI is InChI=1S/C22H22F2N2O2/c1-14(27)25-11-3-6-20-21(25)19(15-7-9-17(23)10-8-15)13-26(20)22(28)16-4-2-5-18(24)12-16/h2,4-5,7-10,12,19-21H,3,6,11,13H2,1H3/t19-,20-,21-/m1/s1. The highest BCUT2D eigenvalue weighted by atomic mass is 19.1. The van der Waals surface area contributed by atoms with E-state index >= 15 is 0 Å². The number of nitrogens with zero attached hydrogens (tertiary/aromatic N) is 2. The minimum absolute atomic E-state index is 0.0260. The van der Waals surface area contributed by atoms with E-state index in [0.29, 0.717) is 18.7 Å². The molecule has 4 rings (SSSR count). The average Bonchev–Trinajstić information content (AvgIpc) is 3.07. The minimum Gasteiger partial charge on any atom is -0.337 e. The normalized spacial score (nSPS) is 24.2. The number of carbonyl (C=O) groups excluding carboxylic acids is 2. The largest absolute Gasteiger partial charge is 0.337 e. The Morgan fingerprint density at radius 2 is 1.75 bits per heavy atom. The van der Waals surface area contributed by atoms with Gasteiger partial charge in [0, 0.05) is 31.5 Å². The molecule has 0 saturated carbocycles. The van der Waals surface area contributed by atoms with Crippen molar-refractivity contribution in [3.63, 3.8) is 0 Å². The zero-order valence-corrected chi connectivity index (χ0v) is 15.6. The Hall–Kier alpha value is -2.76. The summed E-state index contributed by atoms with van der Waals surface area (Å²) < 4.78 is 27.0. The van der Waals surface area contributed by atoms with Crippen molar-refractivity contribution in [2.75, 3.05) is 13.1 Å². The van der Waals surface area contributed by atoms with Crippen molar-refractivity contribution in [2.24, 2.45) is 0 Å². The summed E-state index contributed by atoms with van der Waals surface area (Å²) in [5.74, 6) is -1.14. The monoisotopic (exact) mass is 384 g/mol. The van der Waals surface area contributed by atoms with E-state index in [2.05, 4.69) is 0 Å². The number of hydrogen-bond donors (Lipinski definition) is 0. The van der Waals surface area contributed by atoms with Gasteiger partial charge in [0.1, 0.15) is 11.6 Å². The van der Waals surface area contributed by atoms with Crippen LogP contribution in [-0.2, 0) is 4.79 Å². The van der Waals surface area contributed by atoms with E-state index in [1.54, 1.807) is 30.0 Å². The smallest absolute Gasteiger partial charge is 0.254 e. The molecule has 0 aliphatic carbocycles. The molecule has 0 N–H and O–H groups in total. The van der Waals surface area contributed by atoms with Gasteiger partial charge in [-0.05, 0) is 48.7 Å². The second-order valence-corrected chi connectivity index (χ2v) is 7.54. The van der Waals surface area contributed by atoms with Gasteiger partial charge < -0.3 is 9.80 Å². The van der Waals surface area contributed by atoms with Crippen LogP contribution < -0.4 is 0 Å². The topological polar surface area (TPSA) is 40.6 Å². The molecule has 146 valence electrons. The fourth-order valence-corrected chi connectivity index (χ4v) is 4.68. The van der Waals surface area contributed by atoms with Crippen LogP contribution in [0.2, 0.25) is 0 Å². The summed E-state index contributed by atoms with van der Waals surface area (Å²) >= 11 is 0. The van der Waals surface area contributed by atoms with Crippen LogP contribution in [0.25, 0.3) is 0 Å². The maximum absolute atomic E-state index is 13.6. The second kappa shape index (κ2) is 7.34. The Kier molecular flexibility index (Phi) is 4.87. The van der Waals surface area contributed by atoms with E-state index in [0.717, 1.165) is 18.4 Å². The van der Waals surface area contributed by atoms with Crippen LogP contribution in [-0.4, -0.2) is 46.8 Å². The first-order chi connectivity index (χ1) is 13.5. The van der Waals surface area contributed by atoms with Crippen LogP contribution in [0.4, 0.5) is 8.78 Å². The van der Waals surface area contributed by atoms with E-state index in [-0.39, 0.29) is 35.6 Å². The van der Waals surface area contributed by atoms with Crippen LogP contribution in [0.15, 0.2) is 48.5 Å². The summed E-state index contributed by atoms with van der Waals surface area (Å²) in [5, 5.41) is 0. The number of piperidine rings is 1. The van der Waals surface area contributed by atoms with Gasteiger partial charge in [-0.1, -0.05) is 18.2 Å². The van der Waals surface area contributed by atoms with Crippen LogP contribution >= 0.6 is 0 Å². The van der Waals surface area contributed by atoms with Gasteiger partial charge >= 0.3 is 0 Å². The third-order valence-corrected chi connectivity index (χ3v) is 5.89. The molecule has 2 aliphatic heterocycles. The number of amides is 2. The van der Waals surface area contributed by atoms with Gasteiger partial charge in [-0.2, -0.15) is 0 Å². The number of benzene rings is 2. The highest BCUT2D eigenvalue weighted by Crippen LogP contribution is 2.40. The lowest BCUT2D eigenvalue weighted by Gasteiger charge is -2.41. The lowest BCUT2D eigenvalue weighted by Crippen LogP contribution is -2.53. The molecular weight excluding hydrogens is 362 g/mol. The third-order valence-electron chi connectivity index (χ3n) is 5.89. The van der Waals surface area contributed by atoms with E-state index < -0.39 is 5.82 Å². The van der Waals surface area contributed by atoms with Crippen molar-refractivity contribution in [1.82, 2.24) is 9.80 Å². The van der Waals surface area contributed by atoms with Crippen molar-refractivity contribution in [1.29, 1.82) is 0 Å². The summed E-state index contributed by atoms with van der Waals surface area (Å²) in [6, 6.07) is 11.6. The Morgan fingerprint density at radius 3 is 2.43 bits per heavy atom. The first kappa shape index (κ1) is 18.6. The summed E-state index contributed by atoms with van der Waals surface area (Å²) in [6.07, 6.45) is 1.59. The maximum atomic E-state index is 13.6. The molecule has 2 aromatic carbocycles. The van der Waals surface area contributed by atoms with Crippen molar-refractivity contribution < 1.29 is 18.4 Å². The number of hydrogen-bond acceptors (Lipinski definition) is 2. The Bertz CT molecular complexity index is 900. The highest BCUT2D eigenvalue weighted by Gasteiger charge is 2.49. The lowest BCUT2D eigenvalue weighted by molar-refractivity contribution is -0.133. The second-order valence-electron chi connectivity index (χ2n) is 7.54. The van der Waals surface area contributed by atoms with Gasteiger partial charge in [0.25, 0.3) is 5.91 Å². The molecule has 6 heteroatoms. The van der Waals surface area contributed by atoms with Crippen LogP contribution in [0, 0.1) is 11.6 Å². The average molecular weight is 384 g/mol. The SMILES string of the molecule is CC(=O)N1CCC[C@@H]2[C@H]1[C@@H](c1ccc(F)cc1)CN2C(=O)c1cccc(F)c1. The van der Waals surface area contributed by atoms with E-state index in [1.165, 1.54) is 30.3 Å². The van der Waals surface area contributed by atoms with Gasteiger partial charge in [-0.15, -0.1) is 0 Å². The van der Waals surface area contributed by atoms with Crippen molar-refractivity contribution in [2.45, 2.75) is 37.8 Å². The quantitative estimate of drug-likeness (QED) is 0.794. The zero-order valence-electron chi connectivity index (χ0n) is 15.6. The van der Waals surface area contributed by atoms with E-state index in [9.17, 15) is 18.4 Å². The molecule has 2 fully saturated rings. The molecule has 2 aromatic rings. The third kappa shape index (κ3) is 3.28. The van der Waals surface area contributed by atoms with Crippen LogP contribution in [0.3, 0.4) is 0 Å². The number of likely N-dealkylation sites (tertiary alicyclic amines) is 2. The van der Waals surface area contributed by atoms with Gasteiger partial charge in [0.15, 0.2) is 0 Å². The molecule has 2 aliphatic rings. The summed E-state index contributed by atoms with van der Waals surface area (Å²) in [6.45, 7) is 2.61. The first-order valence-electron chi connectivity index (χ1n) is 9.55. The van der Waals surface area contributed by atoms with Crippen LogP contribution in [0.1, 0.15) is 41.6 Å². The molecule has 2 saturated heterocycles. The van der Waals surface area contributed by atoms with Gasteiger partial charge in [-0.25, -0.2) is 8.78 Å². The van der Waals surface area contributed by atoms with Crippen LogP contribution in [0.5, 0.6) is 0 Å². The van der Waals surface area contributed by atoms with Crippen molar-refractivity contribution in [3.8, 4) is 0 Å². The fourth-order valence-electron chi connectivity index (χ4n) is 4.68. The summed E-state index contributed by atoms with van der Waals surface area (Å²) in [7, 11) is 0. The van der Waals surface area contributed by atoms with E-state index in [1.807, 2.05) is 4.90 Å². The molecule has 0 unspecified atom stereocenters. The molecule has 3 atom stereocenters. The maximum Gasteiger partial charge on any atom is 0.254 e. The number of halogens is 2. The lowest BCUT2D eigenvalue weighted by atomic mass is 9.86. The molecule has 4 nitrogen and oxygen atoms in total. The van der Waals surface area contributed by atoms with E-state index in [4.69, 9.17) is 0 Å². The predicted octanol–water partition coefficient (Wildman–Crippen LogP) is 3.58. The summed E-state index contributed by atoms with van der Waals surface area (Å²) in [5.41, 5.74) is 1.21. The van der Waals surface area contributed by atoms with Crippen molar-refractivity contribution in [3.05, 3.63) is 71.3 Å². The molecule has 0 spiro atoms. The number of carbonyl (C=O) groups is 2. The molecule has 28 heavy (non-hydrogen) atoms. The minimum atomic E-state index is -0.453. The Morgan fingerprint density at radius 1 is 1.00 bits per heavy atom. The highest BCUT2D eigenvalue weighted by molar-refractivity contribution is 5.95. The van der Waals surface area contributed by atoms with Gasteiger partial charge in [-0.3, -0.25) is 9.59 Å². The summed E-state index contributed by atoms with van der Waals surface area (Å²) in [4.78, 5) is 29.0. The predicted molar refractivity (Wildman–Crippen MR) is 101 cm³/mol. The number of rotatable bonds is 2. The molecule has 2 heterocycles. The van der Waals surface area contributed by atoms with Gasteiger partial charge in [0.2, 0.25) is 5.91 Å². The Balaban J connectivity index is 1.72. The molecular formula is C22H22F2N2O2. The van der Waals surface area contributed by atoms with Gasteiger partial charge in [0.05, 0.1) is 12.1 Å².